The Morgan fingerprint density at radius 2 is 1.80 bits per heavy atom. The molecule has 4 aliphatic heterocycles. The number of nitrogens with one attached hydrogen (secondary N) is 2. The van der Waals surface area contributed by atoms with Crippen LogP contribution in [0.15, 0.2) is 46.7 Å². The maximum atomic E-state index is 16.3. The number of carbonyl (C=O) groups is 3. The van der Waals surface area contributed by atoms with Gasteiger partial charge >= 0.3 is 5.69 Å². The van der Waals surface area contributed by atoms with Gasteiger partial charge in [0, 0.05) is 81.8 Å². The van der Waals surface area contributed by atoms with Crippen LogP contribution in [0.5, 0.6) is 0 Å². The molecule has 4 aromatic heterocycles. The second-order valence-corrected chi connectivity index (χ2v) is 20.3. The average Bonchev–Trinajstić information content (AvgIpc) is 3.52. The van der Waals surface area contributed by atoms with Gasteiger partial charge in [-0.2, -0.15) is 14.4 Å². The molecule has 11 rings (SSSR count). The number of aromatic nitrogens is 8. The largest absolute Gasteiger partial charge is 0.393 e. The third-order valence-corrected chi connectivity index (χ3v) is 16.3. The van der Waals surface area contributed by atoms with Crippen molar-refractivity contribution in [3.05, 3.63) is 70.3 Å². The summed E-state index contributed by atoms with van der Waals surface area (Å²) in [5, 5.41) is 20.4. The maximum Gasteiger partial charge on any atom is 0.329 e. The summed E-state index contributed by atoms with van der Waals surface area (Å²) in [5.74, 6) is -0.448. The summed E-state index contributed by atoms with van der Waals surface area (Å²) in [6.45, 7) is 2.28. The summed E-state index contributed by atoms with van der Waals surface area (Å²) in [6.07, 6.45) is 12.4. The van der Waals surface area contributed by atoms with Crippen molar-refractivity contribution >= 4 is 56.2 Å². The Labute approximate surface area is 372 Å². The molecule has 1 spiro atoms. The predicted molar refractivity (Wildman–Crippen MR) is 232 cm³/mol. The summed E-state index contributed by atoms with van der Waals surface area (Å²) in [6, 6.07) is 2.18. The van der Waals surface area contributed by atoms with Gasteiger partial charge in [-0.15, -0.1) is 0 Å². The van der Waals surface area contributed by atoms with Crippen LogP contribution in [0.25, 0.3) is 11.0 Å². The highest BCUT2D eigenvalue weighted by molar-refractivity contribution is 7.89. The Balaban J connectivity index is 0.707. The first-order chi connectivity index (χ1) is 31.3. The molecular formula is C43H50FN13O7S. The molecule has 6 aliphatic rings. The van der Waals surface area contributed by atoms with Crippen molar-refractivity contribution in [1.82, 2.24) is 48.1 Å². The minimum atomic E-state index is -3.81. The lowest BCUT2D eigenvalue weighted by Crippen LogP contribution is -2.44. The van der Waals surface area contributed by atoms with Crippen molar-refractivity contribution in [3.8, 4) is 0 Å². The lowest BCUT2D eigenvalue weighted by Gasteiger charge is -2.34. The first kappa shape index (κ1) is 41.7. The SMILES string of the molecule is Cn1c(=O)n(C2CCC(=O)NC2=O)c2ccc(N3CCc4c(ncn4CCn4cc(S(=O)(=O)N5CCC(Nc6ncc7c(n6)N(C6CCC[C@@H](O)C6)C(=O)C76CC6)CC5)cn4)C3)c(F)c21. The summed E-state index contributed by atoms with van der Waals surface area (Å²) in [4.78, 5) is 69.2. The van der Waals surface area contributed by atoms with Gasteiger partial charge in [0.2, 0.25) is 33.7 Å². The number of sulfonamides is 1. The Morgan fingerprint density at radius 3 is 2.57 bits per heavy atom. The number of aryl methyl sites for hydroxylation is 3. The van der Waals surface area contributed by atoms with Gasteiger partial charge < -0.3 is 19.9 Å². The fraction of sp³-hybridized carbons (Fsp3) is 0.535. The van der Waals surface area contributed by atoms with Gasteiger partial charge in [0.1, 0.15) is 22.3 Å². The molecule has 2 saturated carbocycles. The topological polar surface area (TPSA) is 228 Å². The minimum absolute atomic E-state index is 0.0648. The third kappa shape index (κ3) is 6.93. The van der Waals surface area contributed by atoms with Crippen molar-refractivity contribution in [2.24, 2.45) is 7.05 Å². The summed E-state index contributed by atoms with van der Waals surface area (Å²) >= 11 is 0. The molecule has 0 radical (unpaired) electrons. The maximum absolute atomic E-state index is 16.3. The number of fused-ring (bicyclic) bond motifs is 4. The van der Waals surface area contributed by atoms with Crippen LogP contribution in [-0.4, -0.2) is 112 Å². The molecule has 3 atom stereocenters. The van der Waals surface area contributed by atoms with Crippen LogP contribution >= 0.6 is 0 Å². The van der Waals surface area contributed by atoms with Crippen LogP contribution in [0.2, 0.25) is 0 Å². The standard InChI is InChI=1S/C43H50FN13O7S/c1-51-37-33(57(42(51)62)34-7-8-35(59)49-39(34)60)6-5-32(36(37)44)52-14-11-31-30(23-52)46-24-53(31)17-18-54-22-28(20-47-54)65(63,64)55-15-9-25(10-16-55)48-41-45-21-29-38(50-41)56(40(61)43(29)12-13-43)26-3-2-4-27(58)19-26/h5-6,20-22,24-27,34,58H,2-4,7-19,23H2,1H3,(H,45,48,50)(H,49,59,60)/t26?,27-,34?/m1/s1. The minimum Gasteiger partial charge on any atom is -0.393 e. The Kier molecular flexibility index (Phi) is 9.99. The van der Waals surface area contributed by atoms with E-state index >= 15 is 4.39 Å². The molecule has 342 valence electrons. The molecule has 1 aromatic carbocycles. The lowest BCUT2D eigenvalue weighted by atomic mass is 9.92. The number of piperidine rings is 2. The van der Waals surface area contributed by atoms with Crippen LogP contribution in [0.4, 0.5) is 21.8 Å². The lowest BCUT2D eigenvalue weighted by molar-refractivity contribution is -0.135. The number of imidazole rings is 2. The molecule has 22 heteroatoms. The van der Waals surface area contributed by atoms with E-state index < -0.39 is 50.9 Å². The summed E-state index contributed by atoms with van der Waals surface area (Å²) in [7, 11) is -2.34. The first-order valence-electron chi connectivity index (χ1n) is 22.5. The molecule has 8 heterocycles. The number of amides is 3. The highest BCUT2D eigenvalue weighted by atomic mass is 32.2. The van der Waals surface area contributed by atoms with E-state index in [9.17, 15) is 32.7 Å². The van der Waals surface area contributed by atoms with Crippen molar-refractivity contribution in [2.45, 2.75) is 125 Å². The number of aliphatic hydroxyl groups is 1. The van der Waals surface area contributed by atoms with Gasteiger partial charge in [0.15, 0.2) is 5.82 Å². The molecule has 3 N–H and O–H groups in total. The van der Waals surface area contributed by atoms with E-state index in [1.165, 1.54) is 26.7 Å². The number of aliphatic hydroxyl groups excluding tert-OH is 1. The number of nitrogens with zero attached hydrogens (tertiary/aromatic N) is 11. The van der Waals surface area contributed by atoms with Gasteiger partial charge in [0.25, 0.3) is 0 Å². The molecule has 5 aromatic rings. The second kappa shape index (κ2) is 15.6. The molecular weight excluding hydrogens is 862 g/mol. The van der Waals surface area contributed by atoms with Crippen LogP contribution in [0.3, 0.4) is 0 Å². The monoisotopic (exact) mass is 911 g/mol. The predicted octanol–water partition coefficient (Wildman–Crippen LogP) is 1.85. The Hall–Kier alpha value is -6.00. The van der Waals surface area contributed by atoms with E-state index in [0.717, 1.165) is 49.1 Å². The molecule has 2 saturated heterocycles. The number of hydrogen-bond donors (Lipinski definition) is 3. The molecule has 2 aliphatic carbocycles. The fourth-order valence-corrected chi connectivity index (χ4v) is 12.2. The molecule has 3 amide bonds. The van der Waals surface area contributed by atoms with Crippen LogP contribution in [0, 0.1) is 5.82 Å². The number of rotatable bonds is 10. The number of anilines is 3. The third-order valence-electron chi connectivity index (χ3n) is 14.5. The van der Waals surface area contributed by atoms with E-state index in [1.54, 1.807) is 35.5 Å². The van der Waals surface area contributed by atoms with E-state index in [2.05, 4.69) is 25.7 Å². The van der Waals surface area contributed by atoms with Crippen LogP contribution in [0.1, 0.15) is 87.2 Å². The fourth-order valence-electron chi connectivity index (χ4n) is 10.8. The van der Waals surface area contributed by atoms with Gasteiger partial charge in [-0.05, 0) is 69.9 Å². The first-order valence-corrected chi connectivity index (χ1v) is 23.9. The zero-order chi connectivity index (χ0) is 44.9. The van der Waals surface area contributed by atoms with E-state index in [-0.39, 0.29) is 46.8 Å². The summed E-state index contributed by atoms with van der Waals surface area (Å²) in [5.41, 5.74) is 2.22. The smallest absolute Gasteiger partial charge is 0.329 e. The normalized spacial score (nSPS) is 23.6. The van der Waals surface area contributed by atoms with E-state index in [0.29, 0.717) is 82.4 Å². The van der Waals surface area contributed by atoms with E-state index in [1.807, 2.05) is 14.4 Å². The molecule has 65 heavy (non-hydrogen) atoms. The number of halogens is 1. The quantitative estimate of drug-likeness (QED) is 0.170. The number of hydrogen-bond acceptors (Lipinski definition) is 13. The summed E-state index contributed by atoms with van der Waals surface area (Å²) < 4.78 is 51.4. The number of carbonyl (C=O) groups excluding carboxylic acids is 3. The Morgan fingerprint density at radius 1 is 0.985 bits per heavy atom. The zero-order valence-corrected chi connectivity index (χ0v) is 36.7. The van der Waals surface area contributed by atoms with Crippen molar-refractivity contribution in [3.63, 3.8) is 0 Å². The van der Waals surface area contributed by atoms with Crippen molar-refractivity contribution < 1.29 is 32.3 Å². The molecule has 2 unspecified atom stereocenters. The Bertz CT molecular complexity index is 2950. The van der Waals surface area contributed by atoms with Crippen molar-refractivity contribution in [1.29, 1.82) is 0 Å². The number of imide groups is 1. The average molecular weight is 912 g/mol. The van der Waals surface area contributed by atoms with Crippen molar-refractivity contribution in [2.75, 3.05) is 34.8 Å². The second-order valence-electron chi connectivity index (χ2n) is 18.4. The van der Waals surface area contributed by atoms with Gasteiger partial charge in [-0.3, -0.25) is 38.4 Å². The van der Waals surface area contributed by atoms with Crippen LogP contribution < -0.4 is 26.1 Å². The highest BCUT2D eigenvalue weighted by Crippen LogP contribution is 2.57. The van der Waals surface area contributed by atoms with Gasteiger partial charge in [0.05, 0.1) is 54.0 Å². The van der Waals surface area contributed by atoms with E-state index in [4.69, 9.17) is 4.98 Å². The van der Waals surface area contributed by atoms with Gasteiger partial charge in [-0.1, -0.05) is 0 Å². The molecule has 20 nitrogen and oxygen atoms in total. The van der Waals surface area contributed by atoms with Gasteiger partial charge in [-0.25, -0.2) is 27.6 Å². The molecule has 4 fully saturated rings. The zero-order valence-electron chi connectivity index (χ0n) is 35.9. The number of benzene rings is 1. The van der Waals surface area contributed by atoms with Crippen LogP contribution in [-0.2, 0) is 62.9 Å². The molecule has 0 bridgehead atoms. The highest BCUT2D eigenvalue weighted by Gasteiger charge is 2.61.